The molecule has 0 bridgehead atoms. The molecule has 0 spiro atoms. The number of hydrogen-bond donors (Lipinski definition) is 0. The van der Waals surface area contributed by atoms with Crippen molar-refractivity contribution in [2.45, 2.75) is 25.7 Å². The molecule has 1 aromatic rings. The van der Waals surface area contributed by atoms with Crippen LogP contribution in [0, 0.1) is 12.7 Å². The lowest BCUT2D eigenvalue weighted by atomic mass is 10.2. The number of halogens is 1. The second-order valence-corrected chi connectivity index (χ2v) is 3.95. The van der Waals surface area contributed by atoms with E-state index in [1.807, 2.05) is 18.2 Å². The molecule has 1 rings (SSSR count). The summed E-state index contributed by atoms with van der Waals surface area (Å²) in [6.45, 7) is 5.16. The van der Waals surface area contributed by atoms with Gasteiger partial charge in [0.15, 0.2) is 0 Å². The van der Waals surface area contributed by atoms with Crippen molar-refractivity contribution in [2.24, 2.45) is 0 Å². The predicted molar refractivity (Wildman–Crippen MR) is 70.1 cm³/mol. The van der Waals surface area contributed by atoms with E-state index >= 15 is 0 Å². The molecule has 1 aromatic carbocycles. The Morgan fingerprint density at radius 1 is 1.24 bits per heavy atom. The van der Waals surface area contributed by atoms with Gasteiger partial charge in [-0.2, -0.15) is 0 Å². The van der Waals surface area contributed by atoms with Crippen LogP contribution in [-0.4, -0.2) is 13.2 Å². The van der Waals surface area contributed by atoms with Gasteiger partial charge in [-0.15, -0.1) is 0 Å². The summed E-state index contributed by atoms with van der Waals surface area (Å²) in [7, 11) is 0. The molecule has 0 heterocycles. The first-order valence-corrected chi connectivity index (χ1v) is 6.12. The highest BCUT2D eigenvalue weighted by molar-refractivity contribution is 5.48. The second-order valence-electron chi connectivity index (χ2n) is 3.95. The van der Waals surface area contributed by atoms with E-state index in [-0.39, 0.29) is 5.82 Å². The highest BCUT2D eigenvalue weighted by atomic mass is 19.1. The van der Waals surface area contributed by atoms with Crippen molar-refractivity contribution in [2.75, 3.05) is 13.2 Å². The van der Waals surface area contributed by atoms with Crippen LogP contribution in [-0.2, 0) is 4.74 Å². The van der Waals surface area contributed by atoms with Crippen LogP contribution in [0.15, 0.2) is 30.3 Å². The largest absolute Gasteiger partial charge is 0.377 e. The van der Waals surface area contributed by atoms with E-state index in [0.717, 1.165) is 25.0 Å². The maximum absolute atomic E-state index is 12.8. The van der Waals surface area contributed by atoms with Gasteiger partial charge in [0.2, 0.25) is 0 Å². The van der Waals surface area contributed by atoms with Crippen molar-refractivity contribution in [3.05, 3.63) is 48.6 Å². The van der Waals surface area contributed by atoms with Crippen LogP contribution in [0.1, 0.15) is 31.2 Å². The molecule has 0 amide bonds. The first kappa shape index (κ1) is 13.9. The first-order chi connectivity index (χ1) is 8.33. The van der Waals surface area contributed by atoms with Gasteiger partial charge in [-0.3, -0.25) is 0 Å². The second kappa shape index (κ2) is 8.94. The lowest BCUT2D eigenvalue weighted by molar-refractivity contribution is 0.158. The Morgan fingerprint density at radius 3 is 2.88 bits per heavy atom. The Balaban J connectivity index is 2.10. The van der Waals surface area contributed by atoms with Crippen LogP contribution >= 0.6 is 0 Å². The Kier molecular flexibility index (Phi) is 7.32. The molecular formula is C15H20FO. The molecule has 93 valence electrons. The van der Waals surface area contributed by atoms with Gasteiger partial charge in [-0.25, -0.2) is 4.39 Å². The van der Waals surface area contributed by atoms with Crippen molar-refractivity contribution in [1.29, 1.82) is 0 Å². The van der Waals surface area contributed by atoms with Gasteiger partial charge in [0, 0.05) is 6.61 Å². The van der Waals surface area contributed by atoms with Crippen molar-refractivity contribution < 1.29 is 9.13 Å². The molecule has 0 fully saturated rings. The van der Waals surface area contributed by atoms with Crippen LogP contribution in [0.25, 0.3) is 6.08 Å². The van der Waals surface area contributed by atoms with Crippen molar-refractivity contribution in [3.8, 4) is 0 Å². The Hall–Kier alpha value is -1.15. The molecule has 0 aliphatic rings. The molecule has 0 unspecified atom stereocenters. The molecule has 0 saturated heterocycles. The lowest BCUT2D eigenvalue weighted by Gasteiger charge is -2.00. The van der Waals surface area contributed by atoms with Crippen LogP contribution < -0.4 is 0 Å². The minimum absolute atomic E-state index is 0.207. The van der Waals surface area contributed by atoms with E-state index in [0.29, 0.717) is 6.61 Å². The number of benzene rings is 1. The summed E-state index contributed by atoms with van der Waals surface area (Å²) in [6.07, 6.45) is 8.22. The normalized spacial score (nSPS) is 11.2. The van der Waals surface area contributed by atoms with Gasteiger partial charge in [-0.1, -0.05) is 50.5 Å². The molecule has 0 aromatic heterocycles. The van der Waals surface area contributed by atoms with E-state index in [2.05, 4.69) is 6.92 Å². The summed E-state index contributed by atoms with van der Waals surface area (Å²) in [4.78, 5) is 0. The standard InChI is InChI=1S/C15H20FO/c1-2-3-4-5-11-17-12-7-9-14-8-6-10-15(16)13-14/h6-10,13H,1-5,11-12H2/b9-7+. The van der Waals surface area contributed by atoms with Crippen LogP contribution in [0.5, 0.6) is 0 Å². The van der Waals surface area contributed by atoms with E-state index in [4.69, 9.17) is 4.74 Å². The highest BCUT2D eigenvalue weighted by Crippen LogP contribution is 2.05. The zero-order chi connectivity index (χ0) is 12.3. The highest BCUT2D eigenvalue weighted by Gasteiger charge is 1.90. The van der Waals surface area contributed by atoms with Crippen LogP contribution in [0.3, 0.4) is 0 Å². The first-order valence-electron chi connectivity index (χ1n) is 6.12. The number of unbranched alkanes of at least 4 members (excludes halogenated alkanes) is 3. The summed E-state index contributed by atoms with van der Waals surface area (Å²) >= 11 is 0. The molecule has 1 nitrogen and oxygen atoms in total. The molecule has 0 saturated carbocycles. The third-order valence-corrected chi connectivity index (χ3v) is 2.41. The summed E-state index contributed by atoms with van der Waals surface area (Å²) in [6, 6.07) is 6.52. The molecule has 17 heavy (non-hydrogen) atoms. The zero-order valence-electron chi connectivity index (χ0n) is 10.2. The maximum Gasteiger partial charge on any atom is 0.123 e. The number of ether oxygens (including phenoxy) is 1. The average Bonchev–Trinajstić information content (AvgIpc) is 2.33. The fraction of sp³-hybridized carbons (Fsp3) is 0.400. The van der Waals surface area contributed by atoms with E-state index in [1.165, 1.54) is 25.0 Å². The summed E-state index contributed by atoms with van der Waals surface area (Å²) in [5, 5.41) is 0. The average molecular weight is 235 g/mol. The third-order valence-electron chi connectivity index (χ3n) is 2.41. The lowest BCUT2D eigenvalue weighted by Crippen LogP contribution is -1.94. The van der Waals surface area contributed by atoms with Crippen molar-refractivity contribution in [1.82, 2.24) is 0 Å². The summed E-state index contributed by atoms with van der Waals surface area (Å²) in [5.41, 5.74) is 0.866. The SMILES string of the molecule is [CH2]CCCCCOC/C=C/c1cccc(F)c1. The fourth-order valence-corrected chi connectivity index (χ4v) is 1.50. The topological polar surface area (TPSA) is 9.23 Å². The molecule has 0 aliphatic carbocycles. The quantitative estimate of drug-likeness (QED) is 0.612. The zero-order valence-corrected chi connectivity index (χ0v) is 10.2. The molecule has 2 heteroatoms. The third kappa shape index (κ3) is 6.90. The van der Waals surface area contributed by atoms with Gasteiger partial charge in [0.05, 0.1) is 6.61 Å². The summed E-state index contributed by atoms with van der Waals surface area (Å²) in [5.74, 6) is -0.207. The van der Waals surface area contributed by atoms with Crippen molar-refractivity contribution in [3.63, 3.8) is 0 Å². The predicted octanol–water partition coefficient (Wildman–Crippen LogP) is 4.25. The van der Waals surface area contributed by atoms with Gasteiger partial charge < -0.3 is 4.74 Å². The fourth-order valence-electron chi connectivity index (χ4n) is 1.50. The Morgan fingerprint density at radius 2 is 2.12 bits per heavy atom. The van der Waals surface area contributed by atoms with Gasteiger partial charge in [0.1, 0.15) is 5.82 Å². The molecule has 0 atom stereocenters. The van der Waals surface area contributed by atoms with Gasteiger partial charge in [0.25, 0.3) is 0 Å². The monoisotopic (exact) mass is 235 g/mol. The van der Waals surface area contributed by atoms with E-state index in [9.17, 15) is 4.39 Å². The number of hydrogen-bond acceptors (Lipinski definition) is 1. The van der Waals surface area contributed by atoms with Crippen LogP contribution in [0.4, 0.5) is 4.39 Å². The van der Waals surface area contributed by atoms with Gasteiger partial charge >= 0.3 is 0 Å². The Labute approximate surface area is 103 Å². The minimum atomic E-state index is -0.207. The molecule has 1 radical (unpaired) electrons. The number of rotatable bonds is 8. The molecular weight excluding hydrogens is 215 g/mol. The minimum Gasteiger partial charge on any atom is -0.377 e. The van der Waals surface area contributed by atoms with Crippen LogP contribution in [0.2, 0.25) is 0 Å². The maximum atomic E-state index is 12.8. The Bertz CT molecular complexity index is 333. The van der Waals surface area contributed by atoms with E-state index in [1.54, 1.807) is 6.07 Å². The molecule has 0 N–H and O–H groups in total. The molecule has 0 aliphatic heterocycles. The summed E-state index contributed by atoms with van der Waals surface area (Å²) < 4.78 is 18.3. The van der Waals surface area contributed by atoms with Gasteiger partial charge in [-0.05, 0) is 24.1 Å². The van der Waals surface area contributed by atoms with Crippen molar-refractivity contribution >= 4 is 6.08 Å². The smallest absolute Gasteiger partial charge is 0.123 e. The van der Waals surface area contributed by atoms with E-state index < -0.39 is 0 Å².